The summed E-state index contributed by atoms with van der Waals surface area (Å²) in [7, 11) is 3.21. The average molecular weight is 571 g/mol. The van der Waals surface area contributed by atoms with Gasteiger partial charge >= 0.3 is 0 Å². The highest BCUT2D eigenvalue weighted by Crippen LogP contribution is 2.43. The number of rotatable bonds is 9. The fraction of sp³-hybridized carbons (Fsp3) is 0.258. The molecule has 11 nitrogen and oxygen atoms in total. The lowest BCUT2D eigenvalue weighted by atomic mass is 9.80. The van der Waals surface area contributed by atoms with Gasteiger partial charge in [0.05, 0.1) is 33.5 Å². The molecule has 0 aliphatic carbocycles. The Kier molecular flexibility index (Phi) is 7.48. The van der Waals surface area contributed by atoms with E-state index >= 15 is 0 Å². The van der Waals surface area contributed by atoms with Crippen LogP contribution in [0, 0.1) is 0 Å². The van der Waals surface area contributed by atoms with Gasteiger partial charge in [-0.25, -0.2) is 9.97 Å². The van der Waals surface area contributed by atoms with Gasteiger partial charge in [-0.05, 0) is 41.0 Å². The van der Waals surface area contributed by atoms with E-state index < -0.39 is 35.7 Å². The van der Waals surface area contributed by atoms with E-state index in [4.69, 9.17) is 18.9 Å². The van der Waals surface area contributed by atoms with Gasteiger partial charge in [0.15, 0.2) is 17.4 Å². The van der Waals surface area contributed by atoms with Crippen LogP contribution in [0.5, 0.6) is 11.5 Å². The topological polar surface area (TPSA) is 141 Å². The summed E-state index contributed by atoms with van der Waals surface area (Å²) < 4.78 is 25.2. The Morgan fingerprint density at radius 2 is 1.45 bits per heavy atom. The highest BCUT2D eigenvalue weighted by molar-refractivity contribution is 5.68. The number of aromatic amines is 1. The first kappa shape index (κ1) is 27.6. The van der Waals surface area contributed by atoms with Crippen molar-refractivity contribution < 1.29 is 29.2 Å². The standard InChI is InChI=1S/C31H30N4O7/c1-39-22-12-8-20(9-13-22)31(19-6-4-3-5-7-19,21-10-14-23(40-2)15-11-21)41-16-24-26(36)27(37)30(42-24)35-18-34-25-28(35)32-17-33-29(25)38/h3-15,17-18,24,26-27,30,36-37H,16H2,1-2H3,(H,32,33,38)/t24-,26+,27-,30-/m0/s1. The van der Waals surface area contributed by atoms with Gasteiger partial charge in [0.1, 0.15) is 35.4 Å². The van der Waals surface area contributed by atoms with Crippen molar-refractivity contribution in [3.63, 3.8) is 0 Å². The molecule has 6 rings (SSSR count). The molecule has 1 saturated heterocycles. The van der Waals surface area contributed by atoms with Crippen molar-refractivity contribution in [3.8, 4) is 11.5 Å². The molecule has 0 unspecified atom stereocenters. The molecular weight excluding hydrogens is 540 g/mol. The van der Waals surface area contributed by atoms with E-state index in [9.17, 15) is 15.0 Å². The highest BCUT2D eigenvalue weighted by Gasteiger charge is 2.47. The Morgan fingerprint density at radius 1 is 0.857 bits per heavy atom. The molecule has 11 heteroatoms. The molecule has 3 aromatic carbocycles. The molecular formula is C31H30N4O7. The lowest BCUT2D eigenvalue weighted by Crippen LogP contribution is -2.39. The Morgan fingerprint density at radius 3 is 2.05 bits per heavy atom. The molecule has 216 valence electrons. The van der Waals surface area contributed by atoms with E-state index in [1.54, 1.807) is 14.2 Å². The van der Waals surface area contributed by atoms with Crippen molar-refractivity contribution in [3.05, 3.63) is 119 Å². The first-order chi connectivity index (χ1) is 20.5. The minimum absolute atomic E-state index is 0.0949. The van der Waals surface area contributed by atoms with Crippen LogP contribution in [-0.2, 0) is 15.1 Å². The van der Waals surface area contributed by atoms with Crippen LogP contribution in [0.1, 0.15) is 22.9 Å². The third-order valence-corrected chi connectivity index (χ3v) is 7.61. The normalized spacial score (nSPS) is 20.6. The minimum Gasteiger partial charge on any atom is -0.497 e. The summed E-state index contributed by atoms with van der Waals surface area (Å²) in [5, 5.41) is 22.1. The van der Waals surface area contributed by atoms with E-state index in [0.717, 1.165) is 16.7 Å². The molecule has 1 aliphatic rings. The molecule has 2 aromatic heterocycles. The summed E-state index contributed by atoms with van der Waals surface area (Å²) in [6.07, 6.45) is -1.98. The maximum absolute atomic E-state index is 12.2. The van der Waals surface area contributed by atoms with Gasteiger partial charge in [0, 0.05) is 0 Å². The van der Waals surface area contributed by atoms with Crippen LogP contribution >= 0.6 is 0 Å². The maximum Gasteiger partial charge on any atom is 0.278 e. The minimum atomic E-state index is -1.33. The van der Waals surface area contributed by atoms with Gasteiger partial charge in [-0.15, -0.1) is 0 Å². The number of aliphatic hydroxyl groups is 2. The van der Waals surface area contributed by atoms with Gasteiger partial charge < -0.3 is 34.1 Å². The largest absolute Gasteiger partial charge is 0.497 e. The first-order valence-corrected chi connectivity index (χ1v) is 13.4. The predicted molar refractivity (Wildman–Crippen MR) is 152 cm³/mol. The Bertz CT molecular complexity index is 1660. The predicted octanol–water partition coefficient (Wildman–Crippen LogP) is 2.76. The third-order valence-electron chi connectivity index (χ3n) is 7.61. The van der Waals surface area contributed by atoms with Crippen molar-refractivity contribution in [2.75, 3.05) is 20.8 Å². The zero-order chi connectivity index (χ0) is 29.3. The summed E-state index contributed by atoms with van der Waals surface area (Å²) in [6.45, 7) is -0.0949. The monoisotopic (exact) mass is 570 g/mol. The molecule has 4 atom stereocenters. The lowest BCUT2D eigenvalue weighted by Gasteiger charge is -2.37. The molecule has 0 amide bonds. The van der Waals surface area contributed by atoms with Gasteiger partial charge in [0.2, 0.25) is 0 Å². The van der Waals surface area contributed by atoms with Crippen molar-refractivity contribution in [1.82, 2.24) is 19.5 Å². The number of nitrogens with zero attached hydrogens (tertiary/aromatic N) is 3. The van der Waals surface area contributed by atoms with Crippen molar-refractivity contribution in [2.45, 2.75) is 30.1 Å². The van der Waals surface area contributed by atoms with Crippen LogP contribution in [0.2, 0.25) is 0 Å². The fourth-order valence-electron chi connectivity index (χ4n) is 5.43. The smallest absolute Gasteiger partial charge is 0.278 e. The summed E-state index contributed by atoms with van der Waals surface area (Å²) in [5.41, 5.74) is 1.24. The number of hydrogen-bond acceptors (Lipinski definition) is 9. The number of hydrogen-bond donors (Lipinski definition) is 3. The highest BCUT2D eigenvalue weighted by atomic mass is 16.6. The van der Waals surface area contributed by atoms with Crippen LogP contribution < -0.4 is 15.0 Å². The molecule has 1 fully saturated rings. The van der Waals surface area contributed by atoms with Crippen LogP contribution in [-0.4, -0.2) is 68.9 Å². The third kappa shape index (κ3) is 4.72. The molecule has 3 heterocycles. The lowest BCUT2D eigenvalue weighted by molar-refractivity contribution is -0.0942. The number of ether oxygens (including phenoxy) is 4. The SMILES string of the molecule is COc1ccc(C(OC[C@@H]2O[C@H](n3cnc4c(=O)[nH]cnc43)[C@@H](O)[C@@H]2O)(c2ccccc2)c2ccc(OC)cc2)cc1. The number of H-pyrrole nitrogens is 1. The average Bonchev–Trinajstić information content (AvgIpc) is 3.59. The van der Waals surface area contributed by atoms with Crippen molar-refractivity contribution >= 4 is 11.2 Å². The number of methoxy groups -OCH3 is 2. The van der Waals surface area contributed by atoms with Crippen LogP contribution in [0.15, 0.2) is 96.3 Å². The van der Waals surface area contributed by atoms with Gasteiger partial charge in [-0.1, -0.05) is 54.6 Å². The molecule has 0 spiro atoms. The maximum atomic E-state index is 12.2. The molecule has 0 radical (unpaired) electrons. The van der Waals surface area contributed by atoms with Crippen LogP contribution in [0.4, 0.5) is 0 Å². The number of aromatic nitrogens is 4. The second-order valence-corrected chi connectivity index (χ2v) is 9.92. The van der Waals surface area contributed by atoms with Crippen LogP contribution in [0.25, 0.3) is 11.2 Å². The van der Waals surface area contributed by atoms with Crippen molar-refractivity contribution in [1.29, 1.82) is 0 Å². The first-order valence-electron chi connectivity index (χ1n) is 13.4. The Balaban J connectivity index is 1.39. The molecule has 3 N–H and O–H groups in total. The number of benzene rings is 3. The van der Waals surface area contributed by atoms with Gasteiger partial charge in [-0.2, -0.15) is 0 Å². The second-order valence-electron chi connectivity index (χ2n) is 9.92. The zero-order valence-corrected chi connectivity index (χ0v) is 23.0. The summed E-state index contributed by atoms with van der Waals surface area (Å²) in [5.74, 6) is 1.38. The zero-order valence-electron chi connectivity index (χ0n) is 23.0. The number of aliphatic hydroxyl groups excluding tert-OH is 2. The molecule has 0 saturated carbocycles. The van der Waals surface area contributed by atoms with E-state index in [1.165, 1.54) is 17.2 Å². The van der Waals surface area contributed by atoms with Crippen LogP contribution in [0.3, 0.4) is 0 Å². The number of fused-ring (bicyclic) bond motifs is 1. The number of nitrogens with one attached hydrogen (secondary N) is 1. The fourth-order valence-corrected chi connectivity index (χ4v) is 5.43. The summed E-state index contributed by atoms with van der Waals surface area (Å²) in [6, 6.07) is 24.9. The quantitative estimate of drug-likeness (QED) is 0.228. The van der Waals surface area contributed by atoms with Gasteiger partial charge in [0.25, 0.3) is 5.56 Å². The molecule has 1 aliphatic heterocycles. The summed E-state index contributed by atoms with van der Waals surface area (Å²) in [4.78, 5) is 22.9. The summed E-state index contributed by atoms with van der Waals surface area (Å²) >= 11 is 0. The molecule has 0 bridgehead atoms. The van der Waals surface area contributed by atoms with Crippen molar-refractivity contribution in [2.24, 2.45) is 0 Å². The Hall–Kier alpha value is -4.55. The second kappa shape index (κ2) is 11.4. The van der Waals surface area contributed by atoms with E-state index in [0.29, 0.717) is 11.5 Å². The van der Waals surface area contributed by atoms with Gasteiger partial charge in [-0.3, -0.25) is 9.36 Å². The van der Waals surface area contributed by atoms with E-state index in [1.807, 2.05) is 78.9 Å². The molecule has 42 heavy (non-hydrogen) atoms. The van der Waals surface area contributed by atoms with E-state index in [2.05, 4.69) is 15.0 Å². The number of imidazole rings is 1. The Labute approximate surface area is 240 Å². The molecule has 5 aromatic rings. The van der Waals surface area contributed by atoms with E-state index in [-0.39, 0.29) is 17.8 Å².